The Hall–Kier alpha value is -1.38. The van der Waals surface area contributed by atoms with Crippen molar-refractivity contribution in [1.82, 2.24) is 20.1 Å². The molecule has 1 heterocycles. The predicted molar refractivity (Wildman–Crippen MR) is 111 cm³/mol. The normalized spacial score (nSPS) is 11.0. The number of benzene rings is 1. The number of anilines is 1. The first kappa shape index (κ1) is 20.9. The molecule has 0 spiro atoms. The average molecular weight is 416 g/mol. The van der Waals surface area contributed by atoms with Gasteiger partial charge in [0.25, 0.3) is 0 Å². The number of nitrogens with one attached hydrogen (secondary N) is 2. The Morgan fingerprint density at radius 3 is 2.81 bits per heavy atom. The largest absolute Gasteiger partial charge is 0.362 e. The van der Waals surface area contributed by atoms with E-state index in [4.69, 9.17) is 23.8 Å². The van der Waals surface area contributed by atoms with Crippen molar-refractivity contribution in [1.29, 1.82) is 0 Å². The molecular weight excluding hydrogens is 393 g/mol. The first-order valence-corrected chi connectivity index (χ1v) is 10.4. The third kappa shape index (κ3) is 6.10. The van der Waals surface area contributed by atoms with Gasteiger partial charge in [-0.25, -0.2) is 4.39 Å². The fraction of sp³-hybridized carbons (Fsp3) is 0.471. The van der Waals surface area contributed by atoms with E-state index in [1.165, 1.54) is 12.1 Å². The summed E-state index contributed by atoms with van der Waals surface area (Å²) in [5.41, 5.74) is 0.648. The van der Waals surface area contributed by atoms with Gasteiger partial charge in [-0.15, -0.1) is 10.2 Å². The Bertz CT molecular complexity index is 751. The van der Waals surface area contributed by atoms with Gasteiger partial charge in [0.05, 0.1) is 5.02 Å². The second-order valence-corrected chi connectivity index (χ2v) is 7.81. The average Bonchev–Trinajstić information content (AvgIpc) is 2.96. The molecule has 0 saturated carbocycles. The number of rotatable bonds is 8. The monoisotopic (exact) mass is 415 g/mol. The number of halogens is 2. The van der Waals surface area contributed by atoms with Gasteiger partial charge in [0.1, 0.15) is 11.6 Å². The molecule has 0 aliphatic rings. The molecule has 2 N–H and O–H groups in total. The van der Waals surface area contributed by atoms with Gasteiger partial charge in [-0.3, -0.25) is 0 Å². The quantitative estimate of drug-likeness (QED) is 0.379. The number of aromatic nitrogens is 3. The minimum atomic E-state index is -0.453. The van der Waals surface area contributed by atoms with E-state index < -0.39 is 5.82 Å². The van der Waals surface area contributed by atoms with E-state index in [9.17, 15) is 4.39 Å². The molecule has 5 nitrogen and oxygen atoms in total. The summed E-state index contributed by atoms with van der Waals surface area (Å²) in [6.45, 7) is 5.98. The van der Waals surface area contributed by atoms with E-state index >= 15 is 0 Å². The van der Waals surface area contributed by atoms with Gasteiger partial charge in [-0.1, -0.05) is 37.2 Å². The van der Waals surface area contributed by atoms with Crippen LogP contribution in [0.25, 0.3) is 0 Å². The SMILES string of the molecule is CSc1nnc(CCCNC(=S)Nc2ccc(F)c(Cl)c2)n1CC(C)C. The third-order valence-corrected chi connectivity index (χ3v) is 4.77. The zero-order valence-corrected chi connectivity index (χ0v) is 17.4. The lowest BCUT2D eigenvalue weighted by Crippen LogP contribution is -2.29. The maximum atomic E-state index is 13.2. The molecule has 1 aromatic heterocycles. The molecule has 0 fully saturated rings. The molecule has 26 heavy (non-hydrogen) atoms. The molecule has 0 saturated heterocycles. The zero-order chi connectivity index (χ0) is 19.1. The summed E-state index contributed by atoms with van der Waals surface area (Å²) in [4.78, 5) is 0. The van der Waals surface area contributed by atoms with E-state index in [0.717, 1.165) is 30.4 Å². The number of aryl methyl sites for hydroxylation is 1. The molecule has 9 heteroatoms. The van der Waals surface area contributed by atoms with Gasteiger partial charge >= 0.3 is 0 Å². The lowest BCUT2D eigenvalue weighted by molar-refractivity contribution is 0.477. The summed E-state index contributed by atoms with van der Waals surface area (Å²) in [7, 11) is 0. The minimum absolute atomic E-state index is 0.0619. The smallest absolute Gasteiger partial charge is 0.190 e. The molecule has 0 amide bonds. The molecule has 2 rings (SSSR count). The summed E-state index contributed by atoms with van der Waals surface area (Å²) in [6, 6.07) is 4.40. The highest BCUT2D eigenvalue weighted by atomic mass is 35.5. The Labute approximate surface area is 168 Å². The van der Waals surface area contributed by atoms with E-state index in [-0.39, 0.29) is 5.02 Å². The Kier molecular flexibility index (Phi) is 8.12. The maximum Gasteiger partial charge on any atom is 0.190 e. The van der Waals surface area contributed by atoms with Crippen LogP contribution in [-0.4, -0.2) is 32.7 Å². The Morgan fingerprint density at radius 2 is 2.15 bits per heavy atom. The second kappa shape index (κ2) is 10.1. The Balaban J connectivity index is 1.80. The number of hydrogen-bond donors (Lipinski definition) is 2. The van der Waals surface area contributed by atoms with Crippen molar-refractivity contribution in [3.8, 4) is 0 Å². The van der Waals surface area contributed by atoms with Crippen molar-refractivity contribution >= 4 is 46.4 Å². The van der Waals surface area contributed by atoms with Gasteiger partial charge in [0.2, 0.25) is 0 Å². The van der Waals surface area contributed by atoms with Gasteiger partial charge in [-0.2, -0.15) is 0 Å². The van der Waals surface area contributed by atoms with E-state index in [0.29, 0.717) is 23.3 Å². The summed E-state index contributed by atoms with van der Waals surface area (Å²) in [5, 5.41) is 16.2. The van der Waals surface area contributed by atoms with Gasteiger partial charge in [0, 0.05) is 25.2 Å². The van der Waals surface area contributed by atoms with Crippen LogP contribution in [0.15, 0.2) is 23.4 Å². The molecule has 0 radical (unpaired) electrons. The fourth-order valence-electron chi connectivity index (χ4n) is 2.40. The molecule has 0 aliphatic heterocycles. The lowest BCUT2D eigenvalue weighted by Gasteiger charge is -2.13. The molecule has 1 aromatic carbocycles. The first-order chi connectivity index (χ1) is 12.4. The highest BCUT2D eigenvalue weighted by molar-refractivity contribution is 7.98. The van der Waals surface area contributed by atoms with Crippen LogP contribution in [0, 0.1) is 11.7 Å². The van der Waals surface area contributed by atoms with E-state index in [1.807, 2.05) is 6.26 Å². The number of thiocarbonyl (C=S) groups is 1. The minimum Gasteiger partial charge on any atom is -0.362 e. The number of nitrogens with zero attached hydrogens (tertiary/aromatic N) is 3. The van der Waals surface area contributed by atoms with Crippen LogP contribution < -0.4 is 10.6 Å². The zero-order valence-electron chi connectivity index (χ0n) is 15.1. The van der Waals surface area contributed by atoms with Crippen LogP contribution in [0.5, 0.6) is 0 Å². The molecular formula is C17H23ClFN5S2. The number of thioether (sulfide) groups is 1. The third-order valence-electron chi connectivity index (χ3n) is 3.56. The first-order valence-electron chi connectivity index (χ1n) is 8.36. The van der Waals surface area contributed by atoms with Crippen molar-refractivity contribution in [2.75, 3.05) is 18.1 Å². The second-order valence-electron chi connectivity index (χ2n) is 6.22. The van der Waals surface area contributed by atoms with Crippen molar-refractivity contribution in [2.24, 2.45) is 5.92 Å². The summed E-state index contributed by atoms with van der Waals surface area (Å²) in [5.74, 6) is 1.08. The van der Waals surface area contributed by atoms with E-state index in [1.54, 1.807) is 17.8 Å². The standard InChI is InChI=1S/C17H23ClFN5S2/c1-11(2)10-24-15(22-23-17(24)26-3)5-4-8-20-16(25)21-12-6-7-14(19)13(18)9-12/h6-7,9,11H,4-5,8,10H2,1-3H3,(H2,20,21,25). The lowest BCUT2D eigenvalue weighted by atomic mass is 10.2. The molecule has 0 unspecified atom stereocenters. The van der Waals surface area contributed by atoms with Crippen LogP contribution in [0.3, 0.4) is 0 Å². The number of hydrogen-bond acceptors (Lipinski definition) is 4. The van der Waals surface area contributed by atoms with E-state index in [2.05, 4.69) is 39.2 Å². The summed E-state index contributed by atoms with van der Waals surface area (Å²) >= 11 is 12.6. The van der Waals surface area contributed by atoms with Crippen LogP contribution in [0.2, 0.25) is 5.02 Å². The molecule has 0 aliphatic carbocycles. The van der Waals surface area contributed by atoms with Crippen LogP contribution >= 0.6 is 35.6 Å². The van der Waals surface area contributed by atoms with Gasteiger partial charge in [-0.05, 0) is 49.0 Å². The van der Waals surface area contributed by atoms with Crippen molar-refractivity contribution < 1.29 is 4.39 Å². The topological polar surface area (TPSA) is 54.8 Å². The van der Waals surface area contributed by atoms with Crippen LogP contribution in [0.1, 0.15) is 26.1 Å². The van der Waals surface area contributed by atoms with Crippen LogP contribution in [-0.2, 0) is 13.0 Å². The van der Waals surface area contributed by atoms with Crippen molar-refractivity contribution in [3.63, 3.8) is 0 Å². The highest BCUT2D eigenvalue weighted by Crippen LogP contribution is 2.19. The summed E-state index contributed by atoms with van der Waals surface area (Å²) in [6.07, 6.45) is 3.70. The summed E-state index contributed by atoms with van der Waals surface area (Å²) < 4.78 is 15.3. The van der Waals surface area contributed by atoms with Crippen LogP contribution in [0.4, 0.5) is 10.1 Å². The van der Waals surface area contributed by atoms with Gasteiger partial charge < -0.3 is 15.2 Å². The maximum absolute atomic E-state index is 13.2. The fourth-order valence-corrected chi connectivity index (χ4v) is 3.32. The molecule has 0 bridgehead atoms. The Morgan fingerprint density at radius 1 is 1.38 bits per heavy atom. The molecule has 142 valence electrons. The van der Waals surface area contributed by atoms with Crippen molar-refractivity contribution in [2.45, 2.75) is 38.4 Å². The molecule has 2 aromatic rings. The van der Waals surface area contributed by atoms with Crippen molar-refractivity contribution in [3.05, 3.63) is 34.9 Å². The molecule has 0 atom stereocenters. The van der Waals surface area contributed by atoms with Gasteiger partial charge in [0.15, 0.2) is 10.3 Å². The predicted octanol–water partition coefficient (Wildman–Crippen LogP) is 4.37. The highest BCUT2D eigenvalue weighted by Gasteiger charge is 2.12.